The van der Waals surface area contributed by atoms with Gasteiger partial charge in [-0.25, -0.2) is 4.98 Å². The normalized spacial score (nSPS) is 14.2. The molecule has 1 aromatic heterocycles. The van der Waals surface area contributed by atoms with Crippen LogP contribution in [0.15, 0.2) is 42.6 Å². The van der Waals surface area contributed by atoms with Crippen molar-refractivity contribution in [3.63, 3.8) is 0 Å². The zero-order valence-electron chi connectivity index (χ0n) is 14.4. The van der Waals surface area contributed by atoms with Gasteiger partial charge >= 0.3 is 0 Å². The van der Waals surface area contributed by atoms with Crippen molar-refractivity contribution in [1.29, 1.82) is 0 Å². The van der Waals surface area contributed by atoms with Gasteiger partial charge in [-0.05, 0) is 36.2 Å². The summed E-state index contributed by atoms with van der Waals surface area (Å²) in [6.07, 6.45) is 3.38. The maximum atomic E-state index is 12.5. The highest BCUT2D eigenvalue weighted by Crippen LogP contribution is 2.12. The third-order valence-corrected chi connectivity index (χ3v) is 4.64. The number of hydrogen-bond donors (Lipinski definition) is 1. The minimum absolute atomic E-state index is 0.0942. The van der Waals surface area contributed by atoms with Crippen LogP contribution in [0.2, 0.25) is 5.02 Å². The molecule has 2 heterocycles. The van der Waals surface area contributed by atoms with Crippen LogP contribution in [0.5, 0.6) is 0 Å². The van der Waals surface area contributed by atoms with E-state index in [0.29, 0.717) is 31.9 Å². The number of carbonyl (C=O) groups is 2. The number of anilines is 1. The molecule has 1 aliphatic heterocycles. The molecule has 0 unspecified atom stereocenters. The quantitative estimate of drug-likeness (QED) is 0.790. The summed E-state index contributed by atoms with van der Waals surface area (Å²) < 4.78 is 0. The number of carbonyl (C=O) groups excluding carboxylic acids is 2. The van der Waals surface area contributed by atoms with Gasteiger partial charge in [0.15, 0.2) is 0 Å². The zero-order chi connectivity index (χ0) is 18.4. The average molecular weight is 373 g/mol. The van der Waals surface area contributed by atoms with Gasteiger partial charge in [-0.3, -0.25) is 9.59 Å². The molecular weight excluding hydrogens is 352 g/mol. The molecule has 0 saturated carbocycles. The molecule has 3 rings (SSSR count). The van der Waals surface area contributed by atoms with E-state index in [1.807, 2.05) is 30.3 Å². The van der Waals surface area contributed by atoms with Crippen LogP contribution in [0.3, 0.4) is 0 Å². The Morgan fingerprint density at radius 2 is 1.85 bits per heavy atom. The number of benzene rings is 1. The van der Waals surface area contributed by atoms with Crippen molar-refractivity contribution in [2.75, 3.05) is 38.0 Å². The van der Waals surface area contributed by atoms with E-state index in [2.05, 4.69) is 10.3 Å². The van der Waals surface area contributed by atoms with E-state index in [0.717, 1.165) is 30.1 Å². The van der Waals surface area contributed by atoms with Crippen LogP contribution in [-0.4, -0.2) is 59.8 Å². The van der Waals surface area contributed by atoms with Gasteiger partial charge in [0.05, 0.1) is 11.9 Å². The number of nitrogens with one attached hydrogen (secondary N) is 1. The van der Waals surface area contributed by atoms with Crippen molar-refractivity contribution < 1.29 is 9.59 Å². The molecule has 2 amide bonds. The molecule has 0 radical (unpaired) electrons. The first kappa shape index (κ1) is 18.2. The molecule has 0 aliphatic carbocycles. The van der Waals surface area contributed by atoms with Gasteiger partial charge in [0.25, 0.3) is 5.91 Å². The van der Waals surface area contributed by atoms with Crippen LogP contribution in [0.25, 0.3) is 0 Å². The van der Waals surface area contributed by atoms with Crippen LogP contribution in [0, 0.1) is 0 Å². The van der Waals surface area contributed by atoms with Crippen molar-refractivity contribution in [2.24, 2.45) is 0 Å². The lowest BCUT2D eigenvalue weighted by atomic mass is 10.1. The summed E-state index contributed by atoms with van der Waals surface area (Å²) in [5, 5.41) is 4.04. The van der Waals surface area contributed by atoms with Crippen LogP contribution in [0.1, 0.15) is 16.1 Å². The molecular formula is C19H21ClN4O2. The second-order valence-electron chi connectivity index (χ2n) is 6.17. The van der Waals surface area contributed by atoms with E-state index >= 15 is 0 Å². The standard InChI is InChI=1S/C19H21ClN4O2/c20-16-3-1-15(2-4-16)7-8-21-17-5-6-18(22-13-17)19(26)24-11-9-23(14-25)10-12-24/h1-6,13-14,21H,7-12H2. The number of rotatable bonds is 6. The first-order valence-electron chi connectivity index (χ1n) is 8.59. The van der Waals surface area contributed by atoms with Crippen molar-refractivity contribution >= 4 is 29.6 Å². The molecule has 1 aromatic carbocycles. The molecule has 2 aromatic rings. The summed E-state index contributed by atoms with van der Waals surface area (Å²) >= 11 is 5.88. The molecule has 0 spiro atoms. The number of nitrogens with zero attached hydrogens (tertiary/aromatic N) is 3. The Bertz CT molecular complexity index is 741. The summed E-state index contributed by atoms with van der Waals surface area (Å²) in [4.78, 5) is 30.9. The summed E-state index contributed by atoms with van der Waals surface area (Å²) in [6.45, 7) is 2.99. The maximum absolute atomic E-state index is 12.5. The van der Waals surface area contributed by atoms with Crippen LogP contribution >= 0.6 is 11.6 Å². The van der Waals surface area contributed by atoms with Crippen molar-refractivity contribution in [2.45, 2.75) is 6.42 Å². The number of aromatic nitrogens is 1. The van der Waals surface area contributed by atoms with E-state index < -0.39 is 0 Å². The van der Waals surface area contributed by atoms with Crippen LogP contribution < -0.4 is 5.32 Å². The Labute approximate surface area is 157 Å². The molecule has 0 bridgehead atoms. The molecule has 7 heteroatoms. The summed E-state index contributed by atoms with van der Waals surface area (Å²) in [7, 11) is 0. The van der Waals surface area contributed by atoms with E-state index in [1.165, 1.54) is 5.56 Å². The number of halogens is 1. The van der Waals surface area contributed by atoms with Gasteiger partial charge in [0.1, 0.15) is 5.69 Å². The van der Waals surface area contributed by atoms with E-state index in [9.17, 15) is 9.59 Å². The van der Waals surface area contributed by atoms with Crippen molar-refractivity contribution in [3.05, 3.63) is 58.9 Å². The first-order chi connectivity index (χ1) is 12.7. The van der Waals surface area contributed by atoms with Gasteiger partial charge in [0.2, 0.25) is 6.41 Å². The Morgan fingerprint density at radius 3 is 2.46 bits per heavy atom. The topological polar surface area (TPSA) is 65.5 Å². The maximum Gasteiger partial charge on any atom is 0.272 e. The number of piperazine rings is 1. The lowest BCUT2D eigenvalue weighted by Gasteiger charge is -2.32. The average Bonchev–Trinajstić information content (AvgIpc) is 2.69. The summed E-state index contributed by atoms with van der Waals surface area (Å²) in [5.41, 5.74) is 2.50. The Morgan fingerprint density at radius 1 is 1.12 bits per heavy atom. The number of amides is 2. The third kappa shape index (κ3) is 4.73. The Hall–Kier alpha value is -2.60. The van der Waals surface area contributed by atoms with Crippen molar-refractivity contribution in [1.82, 2.24) is 14.8 Å². The second kappa shape index (κ2) is 8.67. The fourth-order valence-corrected chi connectivity index (χ4v) is 2.95. The first-order valence-corrected chi connectivity index (χ1v) is 8.96. The highest BCUT2D eigenvalue weighted by Gasteiger charge is 2.21. The Kier molecular flexibility index (Phi) is 6.07. The third-order valence-electron chi connectivity index (χ3n) is 4.39. The van der Waals surface area contributed by atoms with Gasteiger partial charge in [-0.2, -0.15) is 0 Å². The number of pyridine rings is 1. The monoisotopic (exact) mass is 372 g/mol. The van der Waals surface area contributed by atoms with Crippen molar-refractivity contribution in [3.8, 4) is 0 Å². The Balaban J connectivity index is 1.49. The van der Waals surface area contributed by atoms with E-state index in [-0.39, 0.29) is 5.91 Å². The molecule has 1 saturated heterocycles. The second-order valence-corrected chi connectivity index (χ2v) is 6.61. The molecule has 26 heavy (non-hydrogen) atoms. The predicted octanol–water partition coefficient (Wildman–Crippen LogP) is 2.30. The zero-order valence-corrected chi connectivity index (χ0v) is 15.2. The minimum atomic E-state index is -0.0942. The van der Waals surface area contributed by atoms with Gasteiger partial charge in [-0.15, -0.1) is 0 Å². The predicted molar refractivity (Wildman–Crippen MR) is 101 cm³/mol. The van der Waals surface area contributed by atoms with E-state index in [1.54, 1.807) is 22.1 Å². The smallest absolute Gasteiger partial charge is 0.272 e. The van der Waals surface area contributed by atoms with Crippen LogP contribution in [-0.2, 0) is 11.2 Å². The van der Waals surface area contributed by atoms with E-state index in [4.69, 9.17) is 11.6 Å². The number of hydrogen-bond acceptors (Lipinski definition) is 4. The molecule has 0 atom stereocenters. The molecule has 6 nitrogen and oxygen atoms in total. The fraction of sp³-hybridized carbons (Fsp3) is 0.316. The summed E-state index contributed by atoms with van der Waals surface area (Å²) in [5.74, 6) is -0.0942. The fourth-order valence-electron chi connectivity index (χ4n) is 2.82. The summed E-state index contributed by atoms with van der Waals surface area (Å²) in [6, 6.07) is 11.4. The molecule has 136 valence electrons. The molecule has 1 fully saturated rings. The van der Waals surface area contributed by atoms with Gasteiger partial charge in [0, 0.05) is 37.7 Å². The minimum Gasteiger partial charge on any atom is -0.383 e. The molecule has 1 N–H and O–H groups in total. The van der Waals surface area contributed by atoms with Gasteiger partial charge < -0.3 is 15.1 Å². The lowest BCUT2D eigenvalue weighted by Crippen LogP contribution is -2.48. The highest BCUT2D eigenvalue weighted by atomic mass is 35.5. The largest absolute Gasteiger partial charge is 0.383 e. The highest BCUT2D eigenvalue weighted by molar-refractivity contribution is 6.30. The molecule has 1 aliphatic rings. The lowest BCUT2D eigenvalue weighted by molar-refractivity contribution is -0.119. The SMILES string of the molecule is O=CN1CCN(C(=O)c2ccc(NCCc3ccc(Cl)cc3)cn2)CC1. The van der Waals surface area contributed by atoms with Crippen LogP contribution in [0.4, 0.5) is 5.69 Å². The van der Waals surface area contributed by atoms with Gasteiger partial charge in [-0.1, -0.05) is 23.7 Å².